The van der Waals surface area contributed by atoms with Gasteiger partial charge in [-0.1, -0.05) is 29.4 Å². The first-order valence-corrected chi connectivity index (χ1v) is 4.03. The molecule has 0 saturated heterocycles. The second kappa shape index (κ2) is 2.29. The summed E-state index contributed by atoms with van der Waals surface area (Å²) >= 11 is 0. The Morgan fingerprint density at radius 3 is 2.92 bits per heavy atom. The lowest BCUT2D eigenvalue weighted by atomic mass is 10.1. The number of pyridine rings is 1. The standard InChI is InChI=1S/C10H6N2O/c1-2-4-8-7(3-1)5-11-10-9(8)6-12-13-10/h1-6H. The van der Waals surface area contributed by atoms with Crippen LogP contribution >= 0.6 is 0 Å². The maximum absolute atomic E-state index is 4.96. The number of rotatable bonds is 0. The third-order valence-electron chi connectivity index (χ3n) is 2.12. The highest BCUT2D eigenvalue weighted by molar-refractivity contribution is 6.03. The number of benzene rings is 1. The van der Waals surface area contributed by atoms with Gasteiger partial charge in [0.1, 0.15) is 0 Å². The number of hydrogen-bond acceptors (Lipinski definition) is 3. The molecule has 0 atom stereocenters. The molecule has 2 aromatic heterocycles. The zero-order chi connectivity index (χ0) is 8.67. The molecule has 3 rings (SSSR count). The summed E-state index contributed by atoms with van der Waals surface area (Å²) in [6.45, 7) is 0. The zero-order valence-electron chi connectivity index (χ0n) is 6.77. The summed E-state index contributed by atoms with van der Waals surface area (Å²) in [7, 11) is 0. The van der Waals surface area contributed by atoms with Crippen LogP contribution in [0, 0.1) is 0 Å². The summed E-state index contributed by atoms with van der Waals surface area (Å²) in [5.41, 5.74) is 0.596. The Morgan fingerprint density at radius 2 is 1.92 bits per heavy atom. The minimum Gasteiger partial charge on any atom is -0.336 e. The quantitative estimate of drug-likeness (QED) is 0.520. The number of hydrogen-bond donors (Lipinski definition) is 0. The van der Waals surface area contributed by atoms with Crippen molar-refractivity contribution in [3.8, 4) is 0 Å². The van der Waals surface area contributed by atoms with Crippen molar-refractivity contribution in [2.75, 3.05) is 0 Å². The molecule has 0 radical (unpaired) electrons. The highest BCUT2D eigenvalue weighted by Gasteiger charge is 2.03. The molecule has 13 heavy (non-hydrogen) atoms. The van der Waals surface area contributed by atoms with E-state index >= 15 is 0 Å². The minimum absolute atomic E-state index is 0.596. The highest BCUT2D eigenvalue weighted by atomic mass is 16.5. The van der Waals surface area contributed by atoms with E-state index in [1.807, 2.05) is 24.3 Å². The van der Waals surface area contributed by atoms with Crippen molar-refractivity contribution in [1.29, 1.82) is 0 Å². The molecule has 62 valence electrons. The molecule has 3 aromatic rings. The van der Waals surface area contributed by atoms with E-state index in [-0.39, 0.29) is 0 Å². The van der Waals surface area contributed by atoms with Crippen LogP contribution in [0.2, 0.25) is 0 Å². The molecule has 0 unspecified atom stereocenters. The molecule has 0 aliphatic rings. The average Bonchev–Trinajstić information content (AvgIpc) is 2.65. The van der Waals surface area contributed by atoms with Gasteiger partial charge >= 0.3 is 0 Å². The molecule has 3 heteroatoms. The van der Waals surface area contributed by atoms with Crippen LogP contribution in [0.4, 0.5) is 0 Å². The third kappa shape index (κ3) is 0.839. The van der Waals surface area contributed by atoms with Gasteiger partial charge in [0.15, 0.2) is 0 Å². The predicted molar refractivity (Wildman–Crippen MR) is 49.3 cm³/mol. The lowest BCUT2D eigenvalue weighted by Crippen LogP contribution is -1.76. The summed E-state index contributed by atoms with van der Waals surface area (Å²) in [6, 6.07) is 8.05. The Hall–Kier alpha value is -1.90. The van der Waals surface area contributed by atoms with E-state index < -0.39 is 0 Å². The van der Waals surface area contributed by atoms with E-state index in [2.05, 4.69) is 10.1 Å². The zero-order valence-corrected chi connectivity index (χ0v) is 6.77. The fourth-order valence-electron chi connectivity index (χ4n) is 1.49. The van der Waals surface area contributed by atoms with Crippen LogP contribution in [-0.4, -0.2) is 10.1 Å². The molecule has 0 saturated carbocycles. The van der Waals surface area contributed by atoms with Crippen molar-refractivity contribution >= 4 is 21.9 Å². The van der Waals surface area contributed by atoms with E-state index in [1.165, 1.54) is 0 Å². The molecule has 0 N–H and O–H groups in total. The molecule has 0 spiro atoms. The first-order chi connectivity index (χ1) is 6.45. The summed E-state index contributed by atoms with van der Waals surface area (Å²) < 4.78 is 4.96. The van der Waals surface area contributed by atoms with Crippen LogP contribution in [0.3, 0.4) is 0 Å². The number of nitrogens with zero attached hydrogens (tertiary/aromatic N) is 2. The van der Waals surface area contributed by atoms with E-state index in [1.54, 1.807) is 12.4 Å². The first-order valence-electron chi connectivity index (χ1n) is 4.03. The van der Waals surface area contributed by atoms with Gasteiger partial charge in [-0.2, -0.15) is 0 Å². The molecule has 0 fully saturated rings. The van der Waals surface area contributed by atoms with E-state index in [9.17, 15) is 0 Å². The minimum atomic E-state index is 0.596. The highest BCUT2D eigenvalue weighted by Crippen LogP contribution is 2.22. The van der Waals surface area contributed by atoms with Crippen molar-refractivity contribution in [2.45, 2.75) is 0 Å². The van der Waals surface area contributed by atoms with Crippen LogP contribution < -0.4 is 0 Å². The molecular weight excluding hydrogens is 164 g/mol. The van der Waals surface area contributed by atoms with Gasteiger partial charge in [-0.05, 0) is 5.39 Å². The maximum atomic E-state index is 4.96. The predicted octanol–water partition coefficient (Wildman–Crippen LogP) is 2.38. The SMILES string of the molecule is c1ccc2c(c1)cnc1oncc12. The second-order valence-corrected chi connectivity index (χ2v) is 2.89. The van der Waals surface area contributed by atoms with Crippen LogP contribution in [0.5, 0.6) is 0 Å². The largest absolute Gasteiger partial charge is 0.336 e. The van der Waals surface area contributed by atoms with Crippen LogP contribution in [0.1, 0.15) is 0 Å². The van der Waals surface area contributed by atoms with Gasteiger partial charge in [-0.3, -0.25) is 0 Å². The summed E-state index contributed by atoms with van der Waals surface area (Å²) in [5.74, 6) is 0. The average molecular weight is 170 g/mol. The van der Waals surface area contributed by atoms with Gasteiger partial charge < -0.3 is 4.52 Å². The van der Waals surface area contributed by atoms with Gasteiger partial charge in [0.2, 0.25) is 0 Å². The van der Waals surface area contributed by atoms with Crippen molar-refractivity contribution in [1.82, 2.24) is 10.1 Å². The molecule has 0 bridgehead atoms. The fraction of sp³-hybridized carbons (Fsp3) is 0. The Labute approximate surface area is 74.0 Å². The smallest absolute Gasteiger partial charge is 0.258 e. The van der Waals surface area contributed by atoms with Crippen molar-refractivity contribution in [3.63, 3.8) is 0 Å². The van der Waals surface area contributed by atoms with E-state index in [0.717, 1.165) is 16.2 Å². The van der Waals surface area contributed by atoms with E-state index in [4.69, 9.17) is 4.52 Å². The van der Waals surface area contributed by atoms with Crippen molar-refractivity contribution < 1.29 is 4.52 Å². The Morgan fingerprint density at radius 1 is 1.00 bits per heavy atom. The van der Waals surface area contributed by atoms with Crippen molar-refractivity contribution in [3.05, 3.63) is 36.7 Å². The molecule has 0 aliphatic heterocycles. The summed E-state index contributed by atoms with van der Waals surface area (Å²) in [4.78, 5) is 4.14. The van der Waals surface area contributed by atoms with Crippen LogP contribution in [-0.2, 0) is 0 Å². The molecule has 1 aromatic carbocycles. The van der Waals surface area contributed by atoms with Gasteiger partial charge in [0.05, 0.1) is 11.6 Å². The number of fused-ring (bicyclic) bond motifs is 3. The molecule has 0 aliphatic carbocycles. The lowest BCUT2D eigenvalue weighted by molar-refractivity contribution is 0.449. The Kier molecular flexibility index (Phi) is 1.16. The van der Waals surface area contributed by atoms with Gasteiger partial charge in [-0.15, -0.1) is 0 Å². The van der Waals surface area contributed by atoms with Gasteiger partial charge in [-0.25, -0.2) is 4.98 Å². The van der Waals surface area contributed by atoms with Gasteiger partial charge in [0, 0.05) is 11.6 Å². The fourth-order valence-corrected chi connectivity index (χ4v) is 1.49. The van der Waals surface area contributed by atoms with Gasteiger partial charge in [0.25, 0.3) is 5.71 Å². The maximum Gasteiger partial charge on any atom is 0.258 e. The Bertz CT molecular complexity index is 571. The molecule has 3 nitrogen and oxygen atoms in total. The Balaban J connectivity index is 2.65. The monoisotopic (exact) mass is 170 g/mol. The summed E-state index contributed by atoms with van der Waals surface area (Å²) in [6.07, 6.45) is 3.49. The third-order valence-corrected chi connectivity index (χ3v) is 2.12. The second-order valence-electron chi connectivity index (χ2n) is 2.89. The topological polar surface area (TPSA) is 38.9 Å². The molecular formula is C10H6N2O. The van der Waals surface area contributed by atoms with Crippen molar-refractivity contribution in [2.24, 2.45) is 0 Å². The van der Waals surface area contributed by atoms with Crippen LogP contribution in [0.25, 0.3) is 21.9 Å². The summed E-state index contributed by atoms with van der Waals surface area (Å²) in [5, 5.41) is 6.93. The van der Waals surface area contributed by atoms with E-state index in [0.29, 0.717) is 5.71 Å². The lowest BCUT2D eigenvalue weighted by Gasteiger charge is -1.94. The van der Waals surface area contributed by atoms with Crippen LogP contribution in [0.15, 0.2) is 41.2 Å². The molecule has 2 heterocycles. The first kappa shape index (κ1) is 6.60. The normalized spacial score (nSPS) is 11.1. The molecule has 0 amide bonds. The number of aromatic nitrogens is 2.